The summed E-state index contributed by atoms with van der Waals surface area (Å²) in [4.78, 5) is 0.247. The molecule has 1 aliphatic rings. The van der Waals surface area contributed by atoms with Gasteiger partial charge in [-0.1, -0.05) is 25.3 Å². The van der Waals surface area contributed by atoms with E-state index >= 15 is 0 Å². The predicted octanol–water partition coefficient (Wildman–Crippen LogP) is 2.98. The van der Waals surface area contributed by atoms with Crippen LogP contribution in [0.15, 0.2) is 27.6 Å². The van der Waals surface area contributed by atoms with Crippen LogP contribution in [0.4, 0.5) is 0 Å². The van der Waals surface area contributed by atoms with Crippen LogP contribution in [-0.4, -0.2) is 26.7 Å². The van der Waals surface area contributed by atoms with Crippen LogP contribution in [0.3, 0.4) is 0 Å². The number of nitrogens with one attached hydrogen (secondary N) is 1. The van der Waals surface area contributed by atoms with Gasteiger partial charge in [0.25, 0.3) is 0 Å². The number of rotatable bonds is 5. The van der Waals surface area contributed by atoms with Crippen LogP contribution in [0.5, 0.6) is 0 Å². The smallest absolute Gasteiger partial charge is 0.241 e. The van der Waals surface area contributed by atoms with E-state index in [0.717, 1.165) is 37.7 Å². The first kappa shape index (κ1) is 16.9. The molecule has 6 heteroatoms. The minimum Gasteiger partial charge on any atom is -0.396 e. The number of aliphatic hydroxyl groups excluding tert-OH is 1. The molecule has 0 aliphatic heterocycles. The lowest BCUT2D eigenvalue weighted by Gasteiger charge is -2.35. The van der Waals surface area contributed by atoms with E-state index in [1.165, 1.54) is 0 Å². The number of hydrogen-bond acceptors (Lipinski definition) is 3. The SMILES string of the molecule is Cc1ccc(S(=O)(=O)NCC2(CO)CCCCC2)c(Br)c1. The minimum atomic E-state index is -3.56. The number of benzene rings is 1. The fourth-order valence-electron chi connectivity index (χ4n) is 2.84. The van der Waals surface area contributed by atoms with Crippen molar-refractivity contribution in [2.24, 2.45) is 5.41 Å². The van der Waals surface area contributed by atoms with Crippen LogP contribution in [0.25, 0.3) is 0 Å². The van der Waals surface area contributed by atoms with E-state index in [1.807, 2.05) is 6.92 Å². The molecule has 1 aromatic carbocycles. The van der Waals surface area contributed by atoms with Crippen molar-refractivity contribution in [3.05, 3.63) is 28.2 Å². The molecule has 0 amide bonds. The monoisotopic (exact) mass is 375 g/mol. The summed E-state index contributed by atoms with van der Waals surface area (Å²) in [6, 6.07) is 5.17. The second-order valence-electron chi connectivity index (χ2n) is 5.98. The van der Waals surface area contributed by atoms with Gasteiger partial charge in [-0.15, -0.1) is 0 Å². The minimum absolute atomic E-state index is 0.0323. The maximum absolute atomic E-state index is 12.4. The Morgan fingerprint density at radius 1 is 1.29 bits per heavy atom. The molecule has 0 atom stereocenters. The summed E-state index contributed by atoms with van der Waals surface area (Å²) in [6.45, 7) is 2.24. The van der Waals surface area contributed by atoms with E-state index in [0.29, 0.717) is 11.0 Å². The second kappa shape index (κ2) is 6.77. The van der Waals surface area contributed by atoms with E-state index in [-0.39, 0.29) is 16.9 Å². The summed E-state index contributed by atoms with van der Waals surface area (Å²) >= 11 is 3.31. The van der Waals surface area contributed by atoms with Gasteiger partial charge >= 0.3 is 0 Å². The number of halogens is 1. The third kappa shape index (κ3) is 4.06. The quantitative estimate of drug-likeness (QED) is 0.830. The zero-order valence-electron chi connectivity index (χ0n) is 12.2. The molecule has 0 heterocycles. The van der Waals surface area contributed by atoms with Crippen molar-refractivity contribution in [3.8, 4) is 0 Å². The summed E-state index contributed by atoms with van der Waals surface area (Å²) in [5, 5.41) is 9.66. The van der Waals surface area contributed by atoms with Crippen molar-refractivity contribution in [1.82, 2.24) is 4.72 Å². The number of aryl methyl sites for hydroxylation is 1. The zero-order valence-corrected chi connectivity index (χ0v) is 14.6. The number of sulfonamides is 1. The Balaban J connectivity index is 2.13. The Bertz CT molecular complexity index is 595. The molecule has 1 aromatic rings. The van der Waals surface area contributed by atoms with Gasteiger partial charge in [0.2, 0.25) is 10.0 Å². The molecule has 2 N–H and O–H groups in total. The van der Waals surface area contributed by atoms with Crippen molar-refractivity contribution in [2.45, 2.75) is 43.9 Å². The average molecular weight is 376 g/mol. The fraction of sp³-hybridized carbons (Fsp3) is 0.600. The van der Waals surface area contributed by atoms with Crippen molar-refractivity contribution in [2.75, 3.05) is 13.2 Å². The lowest BCUT2D eigenvalue weighted by atomic mass is 9.75. The summed E-state index contributed by atoms with van der Waals surface area (Å²) in [5.74, 6) is 0. The van der Waals surface area contributed by atoms with Gasteiger partial charge in [0, 0.05) is 23.0 Å². The van der Waals surface area contributed by atoms with E-state index in [9.17, 15) is 13.5 Å². The number of aliphatic hydroxyl groups is 1. The summed E-state index contributed by atoms with van der Waals surface area (Å²) in [5.41, 5.74) is 0.697. The van der Waals surface area contributed by atoms with E-state index < -0.39 is 10.0 Å². The van der Waals surface area contributed by atoms with Gasteiger partial charge < -0.3 is 5.11 Å². The van der Waals surface area contributed by atoms with Crippen LogP contribution < -0.4 is 4.72 Å². The zero-order chi connectivity index (χ0) is 15.5. The largest absolute Gasteiger partial charge is 0.396 e. The Labute approximate surface area is 135 Å². The summed E-state index contributed by atoms with van der Waals surface area (Å²) in [7, 11) is -3.56. The number of hydrogen-bond donors (Lipinski definition) is 2. The molecule has 1 fully saturated rings. The molecule has 1 aliphatic carbocycles. The topological polar surface area (TPSA) is 66.4 Å². The molecule has 0 unspecified atom stereocenters. The first-order valence-electron chi connectivity index (χ1n) is 7.25. The molecule has 0 bridgehead atoms. The van der Waals surface area contributed by atoms with Crippen LogP contribution >= 0.6 is 15.9 Å². The van der Waals surface area contributed by atoms with Gasteiger partial charge in [0.15, 0.2) is 0 Å². The lowest BCUT2D eigenvalue weighted by Crippen LogP contribution is -2.41. The second-order valence-corrected chi connectivity index (χ2v) is 8.57. The first-order chi connectivity index (χ1) is 9.88. The molecule has 0 aromatic heterocycles. The van der Waals surface area contributed by atoms with Gasteiger partial charge in [0.05, 0.1) is 4.90 Å². The summed E-state index contributed by atoms with van der Waals surface area (Å²) < 4.78 is 28.1. The average Bonchev–Trinajstić information content (AvgIpc) is 2.46. The van der Waals surface area contributed by atoms with Gasteiger partial charge in [-0.3, -0.25) is 0 Å². The van der Waals surface area contributed by atoms with Crippen LogP contribution in [0.1, 0.15) is 37.7 Å². The van der Waals surface area contributed by atoms with Crippen LogP contribution in [-0.2, 0) is 10.0 Å². The van der Waals surface area contributed by atoms with Gasteiger partial charge in [0.1, 0.15) is 0 Å². The molecule has 118 valence electrons. The Kier molecular flexibility index (Phi) is 5.46. The molecule has 0 spiro atoms. The maximum atomic E-state index is 12.4. The Hall–Kier alpha value is -0.430. The van der Waals surface area contributed by atoms with E-state index in [2.05, 4.69) is 20.7 Å². The maximum Gasteiger partial charge on any atom is 0.241 e. The van der Waals surface area contributed by atoms with Crippen molar-refractivity contribution < 1.29 is 13.5 Å². The van der Waals surface area contributed by atoms with E-state index in [1.54, 1.807) is 18.2 Å². The van der Waals surface area contributed by atoms with Crippen molar-refractivity contribution in [3.63, 3.8) is 0 Å². The highest BCUT2D eigenvalue weighted by Crippen LogP contribution is 2.35. The Morgan fingerprint density at radius 3 is 2.52 bits per heavy atom. The standard InChI is InChI=1S/C15H22BrNO3S/c1-12-5-6-14(13(16)9-12)21(19,20)17-10-15(11-18)7-3-2-4-8-15/h5-6,9,17-18H,2-4,7-8,10-11H2,1H3. The van der Waals surface area contributed by atoms with Gasteiger partial charge in [-0.2, -0.15) is 0 Å². The highest BCUT2D eigenvalue weighted by molar-refractivity contribution is 9.10. The third-order valence-corrected chi connectivity index (χ3v) is 6.64. The molecular formula is C15H22BrNO3S. The normalized spacial score (nSPS) is 18.6. The van der Waals surface area contributed by atoms with Crippen LogP contribution in [0, 0.1) is 12.3 Å². The van der Waals surface area contributed by atoms with Crippen molar-refractivity contribution in [1.29, 1.82) is 0 Å². The molecule has 0 saturated heterocycles. The molecule has 4 nitrogen and oxygen atoms in total. The molecule has 21 heavy (non-hydrogen) atoms. The van der Waals surface area contributed by atoms with Gasteiger partial charge in [-0.25, -0.2) is 13.1 Å². The highest BCUT2D eigenvalue weighted by Gasteiger charge is 2.33. The highest BCUT2D eigenvalue weighted by atomic mass is 79.9. The van der Waals surface area contributed by atoms with Crippen LogP contribution in [0.2, 0.25) is 0 Å². The molecule has 1 saturated carbocycles. The van der Waals surface area contributed by atoms with E-state index in [4.69, 9.17) is 0 Å². The lowest BCUT2D eigenvalue weighted by molar-refractivity contribution is 0.0867. The fourth-order valence-corrected chi connectivity index (χ4v) is 5.19. The molecule has 0 radical (unpaired) electrons. The summed E-state index contributed by atoms with van der Waals surface area (Å²) in [6.07, 6.45) is 5.02. The first-order valence-corrected chi connectivity index (χ1v) is 9.53. The molecule has 2 rings (SSSR count). The van der Waals surface area contributed by atoms with Gasteiger partial charge in [-0.05, 0) is 53.4 Å². The predicted molar refractivity (Wildman–Crippen MR) is 86.7 cm³/mol. The molecular weight excluding hydrogens is 354 g/mol. The van der Waals surface area contributed by atoms with Crippen molar-refractivity contribution >= 4 is 26.0 Å². The third-order valence-electron chi connectivity index (χ3n) is 4.26. The Morgan fingerprint density at radius 2 is 1.95 bits per heavy atom.